The van der Waals surface area contributed by atoms with E-state index in [-0.39, 0.29) is 6.61 Å². The van der Waals surface area contributed by atoms with Crippen LogP contribution in [0.15, 0.2) is 0 Å². The third-order valence-electron chi connectivity index (χ3n) is 4.19. The van der Waals surface area contributed by atoms with Crippen LogP contribution < -0.4 is 5.32 Å². The van der Waals surface area contributed by atoms with Gasteiger partial charge < -0.3 is 15.3 Å². The number of piperidine rings is 1. The van der Waals surface area contributed by atoms with E-state index >= 15 is 0 Å². The van der Waals surface area contributed by atoms with Crippen LogP contribution in [0, 0.1) is 0 Å². The van der Waals surface area contributed by atoms with Crippen LogP contribution in [0.2, 0.25) is 0 Å². The Kier molecular flexibility index (Phi) is 6.07. The predicted octanol–water partition coefficient (Wildman–Crippen LogP) is 0.0452. The quantitative estimate of drug-likeness (QED) is 0.757. The highest BCUT2D eigenvalue weighted by Crippen LogP contribution is 2.12. The normalized spacial score (nSPS) is 26.2. The standard InChI is InChI=1S/C14H27N3O2/c18-11-10-16-6-3-7-17(9-8-16)14(19)12-13-4-1-2-5-15-13/h13,15,18H,1-12H2. The first-order valence-electron chi connectivity index (χ1n) is 7.64. The number of aliphatic hydroxyl groups is 1. The number of aliphatic hydroxyl groups excluding tert-OH is 1. The van der Waals surface area contributed by atoms with Crippen molar-refractivity contribution in [3.05, 3.63) is 0 Å². The highest BCUT2D eigenvalue weighted by Gasteiger charge is 2.22. The van der Waals surface area contributed by atoms with Gasteiger partial charge in [0, 0.05) is 38.6 Å². The summed E-state index contributed by atoms with van der Waals surface area (Å²) in [6.07, 6.45) is 5.29. The molecule has 5 nitrogen and oxygen atoms in total. The van der Waals surface area contributed by atoms with Crippen LogP contribution in [0.1, 0.15) is 32.1 Å². The molecule has 110 valence electrons. The Morgan fingerprint density at radius 2 is 2.05 bits per heavy atom. The first kappa shape index (κ1) is 14.8. The molecule has 2 aliphatic heterocycles. The molecule has 0 aromatic heterocycles. The molecule has 1 unspecified atom stereocenters. The van der Waals surface area contributed by atoms with Gasteiger partial charge in [-0.3, -0.25) is 9.69 Å². The number of rotatable bonds is 4. The van der Waals surface area contributed by atoms with Crippen LogP contribution in [0.25, 0.3) is 0 Å². The number of carbonyl (C=O) groups is 1. The van der Waals surface area contributed by atoms with Crippen molar-refractivity contribution in [2.45, 2.75) is 38.1 Å². The number of β-amino-alcohol motifs (C(OH)–C–C–N with tert-alkyl or cyclic N) is 1. The third kappa shape index (κ3) is 4.75. The molecule has 0 aromatic rings. The molecular formula is C14H27N3O2. The molecule has 0 saturated carbocycles. The largest absolute Gasteiger partial charge is 0.395 e. The van der Waals surface area contributed by atoms with Crippen LogP contribution in [0.4, 0.5) is 0 Å². The third-order valence-corrected chi connectivity index (χ3v) is 4.19. The summed E-state index contributed by atoms with van der Waals surface area (Å²) in [6, 6.07) is 0.387. The molecule has 0 aromatic carbocycles. The molecule has 0 radical (unpaired) electrons. The van der Waals surface area contributed by atoms with Gasteiger partial charge in [0.2, 0.25) is 5.91 Å². The second-order valence-corrected chi connectivity index (χ2v) is 5.65. The number of nitrogens with zero attached hydrogens (tertiary/aromatic N) is 2. The van der Waals surface area contributed by atoms with Gasteiger partial charge in [-0.1, -0.05) is 6.42 Å². The fraction of sp³-hybridized carbons (Fsp3) is 0.929. The summed E-state index contributed by atoms with van der Waals surface area (Å²) in [5.74, 6) is 0.297. The maximum absolute atomic E-state index is 12.3. The minimum atomic E-state index is 0.208. The van der Waals surface area contributed by atoms with Crippen molar-refractivity contribution in [1.82, 2.24) is 15.1 Å². The Morgan fingerprint density at radius 1 is 1.16 bits per heavy atom. The molecule has 0 bridgehead atoms. The first-order chi connectivity index (χ1) is 9.29. The van der Waals surface area contributed by atoms with E-state index in [0.717, 1.165) is 52.1 Å². The molecule has 1 atom stereocenters. The van der Waals surface area contributed by atoms with Crippen molar-refractivity contribution in [2.75, 3.05) is 45.9 Å². The SMILES string of the molecule is O=C(CC1CCCCN1)N1CCCN(CCO)CC1. The second kappa shape index (κ2) is 7.82. The number of hydrogen-bond donors (Lipinski definition) is 2. The average molecular weight is 269 g/mol. The monoisotopic (exact) mass is 269 g/mol. The van der Waals surface area contributed by atoms with E-state index < -0.39 is 0 Å². The fourth-order valence-corrected chi connectivity index (χ4v) is 3.02. The maximum atomic E-state index is 12.3. The Hall–Kier alpha value is -0.650. The molecule has 2 rings (SSSR count). The van der Waals surface area contributed by atoms with Crippen molar-refractivity contribution < 1.29 is 9.90 Å². The molecule has 0 spiro atoms. The van der Waals surface area contributed by atoms with Gasteiger partial charge in [0.05, 0.1) is 6.61 Å². The lowest BCUT2D eigenvalue weighted by atomic mass is 10.0. The van der Waals surface area contributed by atoms with Gasteiger partial charge in [0.15, 0.2) is 0 Å². The summed E-state index contributed by atoms with van der Waals surface area (Å²) in [4.78, 5) is 16.6. The lowest BCUT2D eigenvalue weighted by Gasteiger charge is -2.27. The van der Waals surface area contributed by atoms with Gasteiger partial charge in [0.1, 0.15) is 0 Å². The minimum absolute atomic E-state index is 0.208. The molecule has 2 fully saturated rings. The van der Waals surface area contributed by atoms with Crippen molar-refractivity contribution in [1.29, 1.82) is 0 Å². The molecule has 19 heavy (non-hydrogen) atoms. The van der Waals surface area contributed by atoms with Crippen molar-refractivity contribution in [3.63, 3.8) is 0 Å². The average Bonchev–Trinajstić information content (AvgIpc) is 2.66. The maximum Gasteiger partial charge on any atom is 0.224 e. The first-order valence-corrected chi connectivity index (χ1v) is 7.64. The van der Waals surface area contributed by atoms with Gasteiger partial charge in [-0.15, -0.1) is 0 Å². The van der Waals surface area contributed by atoms with E-state index in [1.54, 1.807) is 0 Å². The van der Waals surface area contributed by atoms with Gasteiger partial charge in [-0.2, -0.15) is 0 Å². The fourth-order valence-electron chi connectivity index (χ4n) is 3.02. The topological polar surface area (TPSA) is 55.8 Å². The van der Waals surface area contributed by atoms with Gasteiger partial charge in [-0.05, 0) is 32.4 Å². The molecule has 1 amide bonds. The van der Waals surface area contributed by atoms with Crippen LogP contribution in [0.5, 0.6) is 0 Å². The zero-order chi connectivity index (χ0) is 13.5. The molecular weight excluding hydrogens is 242 g/mol. The lowest BCUT2D eigenvalue weighted by molar-refractivity contribution is -0.131. The molecule has 2 N–H and O–H groups in total. The Morgan fingerprint density at radius 3 is 2.79 bits per heavy atom. The zero-order valence-electron chi connectivity index (χ0n) is 11.8. The molecule has 0 aliphatic carbocycles. The summed E-state index contributed by atoms with van der Waals surface area (Å²) in [5.41, 5.74) is 0. The van der Waals surface area contributed by atoms with Crippen molar-refractivity contribution in [2.24, 2.45) is 0 Å². The van der Waals surface area contributed by atoms with Crippen LogP contribution in [-0.2, 0) is 4.79 Å². The summed E-state index contributed by atoms with van der Waals surface area (Å²) in [6.45, 7) is 5.56. The predicted molar refractivity (Wildman–Crippen MR) is 75.0 cm³/mol. The highest BCUT2D eigenvalue weighted by molar-refractivity contribution is 5.76. The van der Waals surface area contributed by atoms with Crippen LogP contribution >= 0.6 is 0 Å². The molecule has 2 saturated heterocycles. The second-order valence-electron chi connectivity index (χ2n) is 5.65. The number of carbonyl (C=O) groups excluding carboxylic acids is 1. The lowest BCUT2D eigenvalue weighted by Crippen LogP contribution is -2.41. The number of hydrogen-bond acceptors (Lipinski definition) is 4. The van der Waals surface area contributed by atoms with E-state index in [9.17, 15) is 4.79 Å². The van der Waals surface area contributed by atoms with Crippen LogP contribution in [0.3, 0.4) is 0 Å². The number of nitrogens with one attached hydrogen (secondary N) is 1. The highest BCUT2D eigenvalue weighted by atomic mass is 16.3. The van der Waals surface area contributed by atoms with E-state index in [1.807, 2.05) is 4.90 Å². The van der Waals surface area contributed by atoms with Gasteiger partial charge in [-0.25, -0.2) is 0 Å². The van der Waals surface area contributed by atoms with Crippen LogP contribution in [-0.4, -0.2) is 72.7 Å². The smallest absolute Gasteiger partial charge is 0.224 e. The van der Waals surface area contributed by atoms with E-state index in [4.69, 9.17) is 5.11 Å². The summed E-state index contributed by atoms with van der Waals surface area (Å²) in [5, 5.41) is 12.4. The number of amides is 1. The zero-order valence-corrected chi connectivity index (χ0v) is 11.8. The Bertz CT molecular complexity index is 280. The van der Waals surface area contributed by atoms with E-state index in [1.165, 1.54) is 12.8 Å². The molecule has 5 heteroatoms. The Labute approximate surface area is 115 Å². The van der Waals surface area contributed by atoms with Crippen molar-refractivity contribution in [3.8, 4) is 0 Å². The molecule has 2 heterocycles. The van der Waals surface area contributed by atoms with Crippen molar-refractivity contribution >= 4 is 5.91 Å². The Balaban J connectivity index is 1.75. The van der Waals surface area contributed by atoms with E-state index in [0.29, 0.717) is 18.4 Å². The summed E-state index contributed by atoms with van der Waals surface area (Å²) >= 11 is 0. The van der Waals surface area contributed by atoms with Gasteiger partial charge in [0.25, 0.3) is 0 Å². The van der Waals surface area contributed by atoms with E-state index in [2.05, 4.69) is 10.2 Å². The summed E-state index contributed by atoms with van der Waals surface area (Å²) in [7, 11) is 0. The summed E-state index contributed by atoms with van der Waals surface area (Å²) < 4.78 is 0. The molecule has 2 aliphatic rings. The van der Waals surface area contributed by atoms with Gasteiger partial charge >= 0.3 is 0 Å². The minimum Gasteiger partial charge on any atom is -0.395 e.